The van der Waals surface area contributed by atoms with Gasteiger partial charge in [0.15, 0.2) is 5.16 Å². The third-order valence-electron chi connectivity index (χ3n) is 1.08. The standard InChI is InChI=1S/C7H9N3OS.BrH/c1-2-3-12-7-9-5(8)4-6(11)10-7;/h2,4H,1,3H2,(H3,8,9,10,11);1H. The second-order valence-electron chi connectivity index (χ2n) is 2.08. The highest BCUT2D eigenvalue weighted by molar-refractivity contribution is 8.93. The summed E-state index contributed by atoms with van der Waals surface area (Å²) in [5, 5.41) is 0.528. The number of aromatic amines is 1. The SMILES string of the molecule is Br.C=CCSc1nc(N)cc(=O)[nH]1. The van der Waals surface area contributed by atoms with Crippen molar-refractivity contribution in [2.75, 3.05) is 11.5 Å². The number of H-pyrrole nitrogens is 1. The molecule has 3 N–H and O–H groups in total. The molecule has 0 amide bonds. The van der Waals surface area contributed by atoms with Gasteiger partial charge in [-0.05, 0) is 0 Å². The first-order valence-corrected chi connectivity index (χ1v) is 4.31. The van der Waals surface area contributed by atoms with Crippen molar-refractivity contribution >= 4 is 34.6 Å². The van der Waals surface area contributed by atoms with E-state index >= 15 is 0 Å². The average molecular weight is 264 g/mol. The molecular formula is C7H10BrN3OS. The van der Waals surface area contributed by atoms with E-state index in [1.807, 2.05) is 0 Å². The highest BCUT2D eigenvalue weighted by atomic mass is 79.9. The predicted octanol–water partition coefficient (Wildman–Crippen LogP) is 1.21. The highest BCUT2D eigenvalue weighted by Gasteiger charge is 1.96. The minimum Gasteiger partial charge on any atom is -0.383 e. The van der Waals surface area contributed by atoms with Gasteiger partial charge < -0.3 is 10.7 Å². The van der Waals surface area contributed by atoms with E-state index in [2.05, 4.69) is 16.5 Å². The molecule has 0 atom stereocenters. The van der Waals surface area contributed by atoms with Gasteiger partial charge in [0.05, 0.1) is 0 Å². The van der Waals surface area contributed by atoms with Crippen LogP contribution in [-0.2, 0) is 0 Å². The Kier molecular flexibility index (Phi) is 5.48. The number of thioether (sulfide) groups is 1. The first kappa shape index (κ1) is 12.2. The molecule has 4 nitrogen and oxygen atoms in total. The quantitative estimate of drug-likeness (QED) is 0.489. The molecule has 72 valence electrons. The van der Waals surface area contributed by atoms with E-state index in [0.29, 0.717) is 10.9 Å². The molecule has 0 aliphatic heterocycles. The van der Waals surface area contributed by atoms with Crippen LogP contribution in [0.25, 0.3) is 0 Å². The largest absolute Gasteiger partial charge is 0.383 e. The van der Waals surface area contributed by atoms with Crippen LogP contribution in [0.1, 0.15) is 0 Å². The van der Waals surface area contributed by atoms with Crippen LogP contribution >= 0.6 is 28.7 Å². The molecule has 0 aromatic carbocycles. The maximum absolute atomic E-state index is 10.9. The topological polar surface area (TPSA) is 71.8 Å². The number of nitrogens with two attached hydrogens (primary N) is 1. The maximum Gasteiger partial charge on any atom is 0.253 e. The summed E-state index contributed by atoms with van der Waals surface area (Å²) >= 11 is 1.38. The van der Waals surface area contributed by atoms with Crippen molar-refractivity contribution in [1.82, 2.24) is 9.97 Å². The minimum atomic E-state index is -0.228. The average Bonchev–Trinajstić information content (AvgIpc) is 1.99. The van der Waals surface area contributed by atoms with Crippen molar-refractivity contribution in [3.63, 3.8) is 0 Å². The molecule has 0 aliphatic carbocycles. The number of halogens is 1. The van der Waals surface area contributed by atoms with Gasteiger partial charge in [-0.15, -0.1) is 23.6 Å². The van der Waals surface area contributed by atoms with Crippen LogP contribution in [0, 0.1) is 0 Å². The Bertz CT molecular complexity index is 339. The Morgan fingerprint density at radius 2 is 2.46 bits per heavy atom. The zero-order chi connectivity index (χ0) is 8.97. The number of nitrogen functional groups attached to an aromatic ring is 1. The van der Waals surface area contributed by atoms with Gasteiger partial charge >= 0.3 is 0 Å². The lowest BCUT2D eigenvalue weighted by Crippen LogP contribution is -2.09. The van der Waals surface area contributed by atoms with Gasteiger partial charge in [-0.25, -0.2) is 4.98 Å². The first-order chi connectivity index (χ1) is 5.72. The predicted molar refractivity (Wildman–Crippen MR) is 60.5 cm³/mol. The molecule has 0 radical (unpaired) electrons. The summed E-state index contributed by atoms with van der Waals surface area (Å²) in [7, 11) is 0. The van der Waals surface area contributed by atoms with Gasteiger partial charge in [0.1, 0.15) is 5.82 Å². The van der Waals surface area contributed by atoms with Crippen molar-refractivity contribution < 1.29 is 0 Å². The summed E-state index contributed by atoms with van der Waals surface area (Å²) in [5.41, 5.74) is 5.13. The molecule has 6 heteroatoms. The molecule has 0 bridgehead atoms. The third-order valence-corrected chi connectivity index (χ3v) is 1.95. The van der Waals surface area contributed by atoms with Crippen molar-refractivity contribution in [1.29, 1.82) is 0 Å². The molecule has 13 heavy (non-hydrogen) atoms. The van der Waals surface area contributed by atoms with Crippen LogP contribution in [0.5, 0.6) is 0 Å². The van der Waals surface area contributed by atoms with E-state index in [-0.39, 0.29) is 28.4 Å². The number of hydrogen-bond acceptors (Lipinski definition) is 4. The molecule has 0 saturated heterocycles. The van der Waals surface area contributed by atoms with E-state index in [0.717, 1.165) is 0 Å². The van der Waals surface area contributed by atoms with Crippen LogP contribution in [0.2, 0.25) is 0 Å². The summed E-state index contributed by atoms with van der Waals surface area (Å²) in [6.07, 6.45) is 1.73. The Hall–Kier alpha value is -0.750. The summed E-state index contributed by atoms with van der Waals surface area (Å²) < 4.78 is 0. The van der Waals surface area contributed by atoms with Crippen molar-refractivity contribution in [3.8, 4) is 0 Å². The van der Waals surface area contributed by atoms with Crippen LogP contribution in [0.4, 0.5) is 5.82 Å². The van der Waals surface area contributed by atoms with E-state index in [1.165, 1.54) is 17.8 Å². The molecule has 0 spiro atoms. The smallest absolute Gasteiger partial charge is 0.253 e. The molecule has 0 saturated carbocycles. The molecule has 0 unspecified atom stereocenters. The van der Waals surface area contributed by atoms with Crippen LogP contribution < -0.4 is 11.3 Å². The number of nitrogens with zero attached hydrogens (tertiary/aromatic N) is 1. The first-order valence-electron chi connectivity index (χ1n) is 3.33. The van der Waals surface area contributed by atoms with E-state index in [4.69, 9.17) is 5.73 Å². The van der Waals surface area contributed by atoms with Crippen molar-refractivity contribution in [2.24, 2.45) is 0 Å². The fraction of sp³-hybridized carbons (Fsp3) is 0.143. The monoisotopic (exact) mass is 263 g/mol. The molecule has 1 heterocycles. The van der Waals surface area contributed by atoms with E-state index in [1.54, 1.807) is 6.08 Å². The lowest BCUT2D eigenvalue weighted by molar-refractivity contribution is 0.947. The van der Waals surface area contributed by atoms with Crippen molar-refractivity contribution in [3.05, 3.63) is 29.1 Å². The second kappa shape index (κ2) is 5.82. The van der Waals surface area contributed by atoms with Crippen LogP contribution in [-0.4, -0.2) is 15.7 Å². The number of anilines is 1. The van der Waals surface area contributed by atoms with Gasteiger partial charge in [-0.3, -0.25) is 4.79 Å². The normalized spacial score (nSPS) is 8.92. The fourth-order valence-electron chi connectivity index (χ4n) is 0.659. The van der Waals surface area contributed by atoms with Gasteiger partial charge in [-0.1, -0.05) is 17.8 Å². The van der Waals surface area contributed by atoms with E-state index < -0.39 is 0 Å². The van der Waals surface area contributed by atoms with Gasteiger partial charge in [0.2, 0.25) is 0 Å². The molecule has 1 aromatic heterocycles. The lowest BCUT2D eigenvalue weighted by Gasteiger charge is -1.97. The summed E-state index contributed by atoms with van der Waals surface area (Å²) in [6.45, 7) is 3.55. The second-order valence-corrected chi connectivity index (χ2v) is 3.08. The molecular weight excluding hydrogens is 254 g/mol. The zero-order valence-corrected chi connectivity index (χ0v) is 9.35. The lowest BCUT2D eigenvalue weighted by atomic mass is 10.6. The number of hydrogen-bond donors (Lipinski definition) is 2. The Morgan fingerprint density at radius 3 is 3.00 bits per heavy atom. The Labute approximate surface area is 90.4 Å². The van der Waals surface area contributed by atoms with Gasteiger partial charge in [0.25, 0.3) is 5.56 Å². The molecule has 1 aromatic rings. The number of nitrogens with one attached hydrogen (secondary N) is 1. The van der Waals surface area contributed by atoms with Crippen LogP contribution in [0.3, 0.4) is 0 Å². The molecule has 1 rings (SSSR count). The number of rotatable bonds is 3. The highest BCUT2D eigenvalue weighted by Crippen LogP contribution is 2.10. The Morgan fingerprint density at radius 1 is 1.77 bits per heavy atom. The fourth-order valence-corrected chi connectivity index (χ4v) is 1.28. The summed E-state index contributed by atoms with van der Waals surface area (Å²) in [6, 6.07) is 1.25. The minimum absolute atomic E-state index is 0. The molecule has 0 fully saturated rings. The van der Waals surface area contributed by atoms with E-state index in [9.17, 15) is 4.79 Å². The van der Waals surface area contributed by atoms with Crippen molar-refractivity contribution in [2.45, 2.75) is 5.16 Å². The summed E-state index contributed by atoms with van der Waals surface area (Å²) in [5.74, 6) is 0.942. The summed E-state index contributed by atoms with van der Waals surface area (Å²) in [4.78, 5) is 17.3. The molecule has 0 aliphatic rings. The zero-order valence-electron chi connectivity index (χ0n) is 6.82. The number of aromatic nitrogens is 2. The van der Waals surface area contributed by atoms with Gasteiger partial charge in [-0.2, -0.15) is 0 Å². The maximum atomic E-state index is 10.9. The van der Waals surface area contributed by atoms with Crippen LogP contribution in [0.15, 0.2) is 28.7 Å². The van der Waals surface area contributed by atoms with Gasteiger partial charge in [0, 0.05) is 11.8 Å². The third kappa shape index (κ3) is 4.14. The Balaban J connectivity index is 0.00000144.